The summed E-state index contributed by atoms with van der Waals surface area (Å²) >= 11 is 0. The van der Waals surface area contributed by atoms with Crippen molar-refractivity contribution in [2.24, 2.45) is 14.1 Å². The molecular formula is C76H82F6N12O9. The van der Waals surface area contributed by atoms with E-state index in [1.54, 1.807) is 86.2 Å². The number of ketones is 4. The number of piperidine rings is 2. The number of nitrogens with zero attached hydrogens (tertiary/aromatic N) is 9. The maximum atomic E-state index is 15.8. The van der Waals surface area contributed by atoms with Gasteiger partial charge in [-0.15, -0.1) is 0 Å². The summed E-state index contributed by atoms with van der Waals surface area (Å²) in [6.45, 7) is 3.97. The van der Waals surface area contributed by atoms with E-state index in [1.165, 1.54) is 35.5 Å². The topological polar surface area (TPSA) is 226 Å². The molecule has 4 aliphatic heterocycles. The molecule has 6 fully saturated rings. The average Bonchev–Trinajstić information content (AvgIpc) is 0.780. The number of methoxy groups -OCH3 is 2. The van der Waals surface area contributed by atoms with E-state index >= 15 is 13.2 Å². The highest BCUT2D eigenvalue weighted by molar-refractivity contribution is 6.06. The van der Waals surface area contributed by atoms with Gasteiger partial charge < -0.3 is 44.4 Å². The Labute approximate surface area is 590 Å². The van der Waals surface area contributed by atoms with Crippen LogP contribution in [0.25, 0.3) is 43.8 Å². The molecule has 6 aliphatic rings. The lowest BCUT2D eigenvalue weighted by atomic mass is 9.93. The van der Waals surface area contributed by atoms with Crippen molar-refractivity contribution in [2.75, 3.05) is 113 Å². The minimum atomic E-state index is -2.97. The number of carbonyl (C=O) groups is 5. The van der Waals surface area contributed by atoms with Gasteiger partial charge in [0.05, 0.1) is 81.4 Å². The number of anilines is 4. The van der Waals surface area contributed by atoms with Crippen molar-refractivity contribution in [1.82, 2.24) is 39.1 Å². The van der Waals surface area contributed by atoms with Crippen LogP contribution >= 0.6 is 0 Å². The summed E-state index contributed by atoms with van der Waals surface area (Å²) in [6.07, 6.45) is 9.50. The third kappa shape index (κ3) is 16.3. The van der Waals surface area contributed by atoms with Crippen LogP contribution in [0.3, 0.4) is 0 Å². The standard InChI is InChI=1S/C38H41F3N6O4.C21H27F3N4O2.C17H14N2O3/c1-44-21-29(27-5-3-4-6-28(27)37(44)50)24-17-35(51-2)32(42-20-24)22-45-12-11-36(38(40,41)23-45)47-15-13-46(14-16-47)33-10-7-25(18-30(33)39)43-31-9-8-26(48)19-34(31)49;22-16-11-14(26-17-3-2-15(29)12-19(17)30)1-4-18(16)27-7-9-28(10-8-27)20-5-6-25-13-21(20,23)24;1-19-9-14(12-5-3-4-6-13(12)17(19)21)11-7-16(22-2)15(10-20)18-8-11/h3-7,10,17-18,20-21,31,36,43H,8-9,11-16,19,22-23H2,1-2H3;1,4,11,17,20,25-26H,2-3,5-10,12-13H2;3-10H,1-2H3. The van der Waals surface area contributed by atoms with Gasteiger partial charge in [-0.1, -0.05) is 36.4 Å². The van der Waals surface area contributed by atoms with Crippen molar-refractivity contribution < 1.29 is 59.8 Å². The number of piperazine rings is 2. The van der Waals surface area contributed by atoms with Crippen LogP contribution < -0.4 is 46.3 Å². The van der Waals surface area contributed by atoms with Crippen LogP contribution in [-0.4, -0.2) is 192 Å². The van der Waals surface area contributed by atoms with Gasteiger partial charge in [0.1, 0.15) is 40.4 Å². The van der Waals surface area contributed by atoms with Gasteiger partial charge in [-0.2, -0.15) is 0 Å². The number of aldehydes is 1. The second-order valence-electron chi connectivity index (χ2n) is 27.0. The number of halogens is 6. The smallest absolute Gasteiger partial charge is 0.275 e. The first-order chi connectivity index (χ1) is 49.5. The number of aromatic nitrogens is 4. The predicted octanol–water partition coefficient (Wildman–Crippen LogP) is 9.35. The molecule has 4 unspecified atom stereocenters. The van der Waals surface area contributed by atoms with Gasteiger partial charge in [0.25, 0.3) is 23.0 Å². The Bertz CT molecular complexity index is 4640. The molecule has 0 amide bonds. The predicted molar refractivity (Wildman–Crippen MR) is 381 cm³/mol. The fraction of sp³-hybridized carbons (Fsp3) is 0.408. The largest absolute Gasteiger partial charge is 0.495 e. The van der Waals surface area contributed by atoms with Gasteiger partial charge in [-0.3, -0.25) is 53.2 Å². The molecule has 3 N–H and O–H groups in total. The SMILES string of the molecule is COc1cc(-c2cn(C)c(=O)c3ccccc23)cnc1C=O.COc1cc(-c2cn(C)c(=O)c3ccccc23)cnc1CN1CCC(N2CCN(c3ccc(NC4CCC(=O)CC4=O)cc3F)CC2)C(F)(F)C1.O=C1CCC(Nc2ccc(N3CCN(C4CCNCC4(F)F)CC3)c(F)c2)C(=O)C1. The first-order valence-electron chi connectivity index (χ1n) is 34.6. The highest BCUT2D eigenvalue weighted by atomic mass is 19.3. The second-order valence-corrected chi connectivity index (χ2v) is 27.0. The molecule has 103 heavy (non-hydrogen) atoms. The summed E-state index contributed by atoms with van der Waals surface area (Å²) in [4.78, 5) is 101. The number of hydrogen-bond acceptors (Lipinski definition) is 19. The van der Waals surface area contributed by atoms with Crippen LogP contribution in [-0.2, 0) is 39.8 Å². The molecule has 0 bridgehead atoms. The van der Waals surface area contributed by atoms with E-state index in [9.17, 15) is 46.7 Å². The number of likely N-dealkylation sites (tertiary alicyclic amines) is 1. The van der Waals surface area contributed by atoms with Crippen molar-refractivity contribution >= 4 is 73.7 Å². The zero-order valence-corrected chi connectivity index (χ0v) is 57.7. The summed E-state index contributed by atoms with van der Waals surface area (Å²) in [5.41, 5.74) is 5.68. The summed E-state index contributed by atoms with van der Waals surface area (Å²) in [5, 5.41) is 11.7. The molecule has 4 atom stereocenters. The molecule has 14 rings (SSSR count). The Morgan fingerprint density at radius 2 is 1.03 bits per heavy atom. The van der Waals surface area contributed by atoms with Crippen molar-refractivity contribution in [2.45, 2.75) is 93.9 Å². The lowest BCUT2D eigenvalue weighted by molar-refractivity contribution is -0.131. The molecular weight excluding hydrogens is 1340 g/mol. The third-order valence-corrected chi connectivity index (χ3v) is 20.3. The molecule has 8 aromatic rings. The minimum absolute atomic E-state index is 0.0521. The summed E-state index contributed by atoms with van der Waals surface area (Å²) in [6, 6.07) is 25.1. The Kier molecular flexibility index (Phi) is 22.2. The van der Waals surface area contributed by atoms with E-state index in [1.807, 2.05) is 62.1 Å². The van der Waals surface area contributed by atoms with Crippen LogP contribution in [0.5, 0.6) is 11.5 Å². The zero-order chi connectivity index (χ0) is 72.9. The number of hydrogen-bond donors (Lipinski definition) is 3. The van der Waals surface area contributed by atoms with Gasteiger partial charge in [-0.25, -0.2) is 31.3 Å². The molecule has 0 spiro atoms. The van der Waals surface area contributed by atoms with E-state index in [0.29, 0.717) is 155 Å². The highest BCUT2D eigenvalue weighted by Gasteiger charge is 2.49. The Morgan fingerprint density at radius 3 is 1.48 bits per heavy atom. The number of fused-ring (bicyclic) bond motifs is 2. The Hall–Kier alpha value is -9.83. The van der Waals surface area contributed by atoms with Crippen LogP contribution in [0, 0.1) is 11.6 Å². The lowest BCUT2D eigenvalue weighted by Crippen LogP contribution is -2.61. The molecule has 4 saturated heterocycles. The van der Waals surface area contributed by atoms with Crippen molar-refractivity contribution in [1.29, 1.82) is 0 Å². The first-order valence-corrected chi connectivity index (χ1v) is 34.6. The summed E-state index contributed by atoms with van der Waals surface area (Å²) in [5.74, 6) is -6.17. The number of aryl methyl sites for hydroxylation is 2. The molecule has 2 saturated carbocycles. The maximum absolute atomic E-state index is 15.8. The van der Waals surface area contributed by atoms with Crippen LogP contribution in [0.4, 0.5) is 49.1 Å². The Morgan fingerprint density at radius 1 is 0.563 bits per heavy atom. The van der Waals surface area contributed by atoms with Crippen molar-refractivity contribution in [3.8, 4) is 33.8 Å². The normalized spacial score (nSPS) is 21.1. The molecule has 2 aliphatic carbocycles. The van der Waals surface area contributed by atoms with E-state index in [-0.39, 0.29) is 72.3 Å². The van der Waals surface area contributed by atoms with Crippen LogP contribution in [0.1, 0.15) is 67.5 Å². The van der Waals surface area contributed by atoms with E-state index in [4.69, 9.17) is 9.47 Å². The monoisotopic (exact) mass is 1420 g/mol. The lowest BCUT2D eigenvalue weighted by Gasteiger charge is -2.46. The highest BCUT2D eigenvalue weighted by Crippen LogP contribution is 2.38. The number of ether oxygens (including phenoxy) is 2. The number of alkyl halides is 4. The molecule has 27 heteroatoms. The summed E-state index contributed by atoms with van der Waals surface area (Å²) < 4.78 is 104. The van der Waals surface area contributed by atoms with E-state index < -0.39 is 54.2 Å². The summed E-state index contributed by atoms with van der Waals surface area (Å²) in [7, 11) is 6.44. The van der Waals surface area contributed by atoms with E-state index in [0.717, 1.165) is 33.0 Å². The average molecular weight is 1420 g/mol. The molecule has 4 aromatic carbocycles. The van der Waals surface area contributed by atoms with Crippen molar-refractivity contribution in [3.05, 3.63) is 166 Å². The number of Topliss-reactive ketones (excluding diaryl/α,β-unsaturated/α-hetero) is 4. The zero-order valence-electron chi connectivity index (χ0n) is 57.7. The van der Waals surface area contributed by atoms with E-state index in [2.05, 4.69) is 25.9 Å². The quantitative estimate of drug-likeness (QED) is 0.0493. The molecule has 4 aromatic heterocycles. The number of rotatable bonds is 15. The van der Waals surface area contributed by atoms with Crippen LogP contribution in [0.2, 0.25) is 0 Å². The van der Waals surface area contributed by atoms with Gasteiger partial charge >= 0.3 is 0 Å². The molecule has 21 nitrogen and oxygen atoms in total. The molecule has 8 heterocycles. The minimum Gasteiger partial charge on any atom is -0.495 e. The molecule has 542 valence electrons. The molecule has 0 radical (unpaired) electrons. The number of nitrogens with one attached hydrogen (secondary N) is 3. The fourth-order valence-electron chi connectivity index (χ4n) is 14.8. The first kappa shape index (κ1) is 72.9. The fourth-order valence-corrected chi connectivity index (χ4v) is 14.8. The number of benzene rings is 4. The van der Waals surface area contributed by atoms with Gasteiger partial charge in [0, 0.05) is 162 Å². The van der Waals surface area contributed by atoms with Gasteiger partial charge in [0.15, 0.2) is 17.9 Å². The number of carbonyl (C=O) groups excluding carboxylic acids is 5. The van der Waals surface area contributed by atoms with Crippen LogP contribution in [0.15, 0.2) is 131 Å². The van der Waals surface area contributed by atoms with Gasteiger partial charge in [0.2, 0.25) is 0 Å². The second kappa shape index (κ2) is 31.4. The number of pyridine rings is 4. The van der Waals surface area contributed by atoms with Gasteiger partial charge in [-0.05, 0) is 104 Å². The Balaban J connectivity index is 0.000000162. The third-order valence-electron chi connectivity index (χ3n) is 20.3. The maximum Gasteiger partial charge on any atom is 0.275 e. The van der Waals surface area contributed by atoms with Crippen molar-refractivity contribution in [3.63, 3.8) is 0 Å².